The van der Waals surface area contributed by atoms with Gasteiger partial charge >= 0.3 is 0 Å². The molecular weight excluding hydrogens is 260 g/mol. The number of amides is 1. The molecule has 0 aliphatic rings. The molecule has 0 saturated carbocycles. The van der Waals surface area contributed by atoms with Gasteiger partial charge in [0.25, 0.3) is 0 Å². The van der Waals surface area contributed by atoms with Crippen LogP contribution in [0.5, 0.6) is 0 Å². The van der Waals surface area contributed by atoms with E-state index in [9.17, 15) is 4.79 Å². The molecule has 2 rings (SSSR count). The van der Waals surface area contributed by atoms with Gasteiger partial charge in [-0.2, -0.15) is 5.26 Å². The van der Waals surface area contributed by atoms with Crippen LogP contribution in [0.3, 0.4) is 0 Å². The van der Waals surface area contributed by atoms with E-state index in [0.717, 1.165) is 11.1 Å². The Balaban J connectivity index is 1.95. The lowest BCUT2D eigenvalue weighted by Gasteiger charge is -2.12. The van der Waals surface area contributed by atoms with E-state index in [1.165, 1.54) is 6.08 Å². The molecule has 2 aromatic rings. The van der Waals surface area contributed by atoms with Crippen LogP contribution in [0.25, 0.3) is 6.08 Å². The van der Waals surface area contributed by atoms with Gasteiger partial charge in [-0.05, 0) is 36.3 Å². The van der Waals surface area contributed by atoms with Crippen LogP contribution < -0.4 is 5.32 Å². The molecule has 1 atom stereocenters. The molecule has 0 bridgehead atoms. The molecule has 2 aromatic carbocycles. The van der Waals surface area contributed by atoms with Crippen LogP contribution in [0.4, 0.5) is 0 Å². The largest absolute Gasteiger partial charge is 0.346 e. The van der Waals surface area contributed by atoms with E-state index in [2.05, 4.69) is 11.4 Å². The first-order valence-corrected chi connectivity index (χ1v) is 6.73. The number of carbonyl (C=O) groups is 1. The average molecular weight is 276 g/mol. The molecule has 0 aliphatic heterocycles. The van der Waals surface area contributed by atoms with Gasteiger partial charge in [0.2, 0.25) is 5.91 Å². The summed E-state index contributed by atoms with van der Waals surface area (Å²) in [5, 5.41) is 11.6. The molecule has 1 amide bonds. The fourth-order valence-electron chi connectivity index (χ4n) is 1.93. The molecule has 21 heavy (non-hydrogen) atoms. The first-order chi connectivity index (χ1) is 10.2. The van der Waals surface area contributed by atoms with Crippen molar-refractivity contribution in [3.05, 3.63) is 77.4 Å². The van der Waals surface area contributed by atoms with Gasteiger partial charge in [-0.3, -0.25) is 4.79 Å². The minimum atomic E-state index is -0.143. The molecule has 0 aromatic heterocycles. The molecule has 0 radical (unpaired) electrons. The molecule has 0 heterocycles. The van der Waals surface area contributed by atoms with Gasteiger partial charge < -0.3 is 5.32 Å². The SMILES string of the molecule is CC(NC(=O)/C=C/c1ccc(C#N)cc1)c1ccccc1. The standard InChI is InChI=1S/C18H16N2O/c1-14(17-5-3-2-4-6-17)20-18(21)12-11-15-7-9-16(13-19)10-8-15/h2-12,14H,1H3,(H,20,21)/b12-11+. The lowest BCUT2D eigenvalue weighted by molar-refractivity contribution is -0.117. The first kappa shape index (κ1) is 14.5. The zero-order valence-electron chi connectivity index (χ0n) is 11.8. The molecule has 0 fully saturated rings. The molecule has 3 heteroatoms. The second kappa shape index (κ2) is 7.06. The maximum absolute atomic E-state index is 11.9. The Bertz CT molecular complexity index is 667. The Hall–Kier alpha value is -2.86. The lowest BCUT2D eigenvalue weighted by atomic mass is 10.1. The minimum Gasteiger partial charge on any atom is -0.346 e. The molecule has 0 spiro atoms. The van der Waals surface area contributed by atoms with Crippen molar-refractivity contribution >= 4 is 12.0 Å². The second-order valence-corrected chi connectivity index (χ2v) is 4.71. The van der Waals surface area contributed by atoms with Crippen LogP contribution in [0.2, 0.25) is 0 Å². The normalized spacial score (nSPS) is 11.8. The predicted molar refractivity (Wildman–Crippen MR) is 83.2 cm³/mol. The van der Waals surface area contributed by atoms with Gasteiger partial charge in [-0.15, -0.1) is 0 Å². The summed E-state index contributed by atoms with van der Waals surface area (Å²) < 4.78 is 0. The second-order valence-electron chi connectivity index (χ2n) is 4.71. The number of rotatable bonds is 4. The Labute approximate surface area is 124 Å². The van der Waals surface area contributed by atoms with Crippen molar-refractivity contribution in [3.63, 3.8) is 0 Å². The number of nitriles is 1. The van der Waals surface area contributed by atoms with Crippen LogP contribution in [0, 0.1) is 11.3 Å². The third-order valence-electron chi connectivity index (χ3n) is 3.13. The summed E-state index contributed by atoms with van der Waals surface area (Å²) in [5.74, 6) is -0.143. The van der Waals surface area contributed by atoms with Crippen LogP contribution in [-0.2, 0) is 4.79 Å². The fourth-order valence-corrected chi connectivity index (χ4v) is 1.93. The summed E-state index contributed by atoms with van der Waals surface area (Å²) >= 11 is 0. The lowest BCUT2D eigenvalue weighted by Crippen LogP contribution is -2.24. The van der Waals surface area contributed by atoms with Crippen molar-refractivity contribution in [1.82, 2.24) is 5.32 Å². The molecule has 1 N–H and O–H groups in total. The summed E-state index contributed by atoms with van der Waals surface area (Å²) in [4.78, 5) is 11.9. The first-order valence-electron chi connectivity index (χ1n) is 6.73. The zero-order valence-corrected chi connectivity index (χ0v) is 11.8. The summed E-state index contributed by atoms with van der Waals surface area (Å²) in [6.07, 6.45) is 3.23. The molecule has 1 unspecified atom stereocenters. The Morgan fingerprint density at radius 1 is 1.14 bits per heavy atom. The summed E-state index contributed by atoms with van der Waals surface area (Å²) in [5.41, 5.74) is 2.56. The van der Waals surface area contributed by atoms with Gasteiger partial charge in [-0.1, -0.05) is 42.5 Å². The number of benzene rings is 2. The third-order valence-corrected chi connectivity index (χ3v) is 3.13. The minimum absolute atomic E-state index is 0.0377. The number of carbonyl (C=O) groups excluding carboxylic acids is 1. The van der Waals surface area contributed by atoms with Gasteiger partial charge in [-0.25, -0.2) is 0 Å². The van der Waals surface area contributed by atoms with E-state index < -0.39 is 0 Å². The highest BCUT2D eigenvalue weighted by Crippen LogP contribution is 2.11. The number of hydrogen-bond acceptors (Lipinski definition) is 2. The third kappa shape index (κ3) is 4.32. The van der Waals surface area contributed by atoms with Gasteiger partial charge in [0.15, 0.2) is 0 Å². The molecule has 0 saturated heterocycles. The number of hydrogen-bond donors (Lipinski definition) is 1. The van der Waals surface area contributed by atoms with Crippen molar-refractivity contribution in [2.45, 2.75) is 13.0 Å². The van der Waals surface area contributed by atoms with E-state index in [1.807, 2.05) is 49.4 Å². The molecule has 0 aliphatic carbocycles. The van der Waals surface area contributed by atoms with Crippen molar-refractivity contribution in [2.75, 3.05) is 0 Å². The number of nitrogens with one attached hydrogen (secondary N) is 1. The van der Waals surface area contributed by atoms with Crippen molar-refractivity contribution < 1.29 is 4.79 Å². The van der Waals surface area contributed by atoms with Crippen molar-refractivity contribution in [2.24, 2.45) is 0 Å². The van der Waals surface area contributed by atoms with Crippen molar-refractivity contribution in [3.8, 4) is 6.07 Å². The summed E-state index contributed by atoms with van der Waals surface area (Å²) in [6.45, 7) is 1.95. The zero-order chi connectivity index (χ0) is 15.1. The Kier molecular flexibility index (Phi) is 4.89. The smallest absolute Gasteiger partial charge is 0.244 e. The summed E-state index contributed by atoms with van der Waals surface area (Å²) in [6, 6.07) is 18.9. The van der Waals surface area contributed by atoms with Crippen molar-refractivity contribution in [1.29, 1.82) is 5.26 Å². The molecule has 3 nitrogen and oxygen atoms in total. The van der Waals surface area contributed by atoms with Crippen LogP contribution in [-0.4, -0.2) is 5.91 Å². The monoisotopic (exact) mass is 276 g/mol. The van der Waals surface area contributed by atoms with E-state index in [0.29, 0.717) is 5.56 Å². The van der Waals surface area contributed by atoms with E-state index in [1.54, 1.807) is 18.2 Å². The van der Waals surface area contributed by atoms with Gasteiger partial charge in [0.1, 0.15) is 0 Å². The van der Waals surface area contributed by atoms with Gasteiger partial charge in [0, 0.05) is 6.08 Å². The highest BCUT2D eigenvalue weighted by molar-refractivity contribution is 5.91. The number of nitrogens with zero attached hydrogens (tertiary/aromatic N) is 1. The quantitative estimate of drug-likeness (QED) is 0.870. The topological polar surface area (TPSA) is 52.9 Å². The Morgan fingerprint density at radius 3 is 2.43 bits per heavy atom. The van der Waals surface area contributed by atoms with E-state index in [-0.39, 0.29) is 11.9 Å². The highest BCUT2D eigenvalue weighted by atomic mass is 16.1. The fraction of sp³-hybridized carbons (Fsp3) is 0.111. The van der Waals surface area contributed by atoms with Crippen LogP contribution in [0.15, 0.2) is 60.7 Å². The Morgan fingerprint density at radius 2 is 1.81 bits per heavy atom. The average Bonchev–Trinajstić information content (AvgIpc) is 2.54. The summed E-state index contributed by atoms with van der Waals surface area (Å²) in [7, 11) is 0. The van der Waals surface area contributed by atoms with Gasteiger partial charge in [0.05, 0.1) is 17.7 Å². The van der Waals surface area contributed by atoms with E-state index in [4.69, 9.17) is 5.26 Å². The maximum Gasteiger partial charge on any atom is 0.244 e. The maximum atomic E-state index is 11.9. The highest BCUT2D eigenvalue weighted by Gasteiger charge is 2.06. The van der Waals surface area contributed by atoms with Crippen LogP contribution in [0.1, 0.15) is 29.7 Å². The molecule has 104 valence electrons. The molecular formula is C18H16N2O. The predicted octanol–water partition coefficient (Wildman–Crippen LogP) is 3.45. The van der Waals surface area contributed by atoms with Crippen LogP contribution >= 0.6 is 0 Å². The van der Waals surface area contributed by atoms with E-state index >= 15 is 0 Å².